The molecule has 3 aromatic heterocycles. The average Bonchev–Trinajstić information content (AvgIpc) is 3.33. The van der Waals surface area contributed by atoms with Gasteiger partial charge in [-0.3, -0.25) is 0 Å². The number of piperidine rings is 1. The summed E-state index contributed by atoms with van der Waals surface area (Å²) in [6.07, 6.45) is 3.06. The number of hydrogen-bond acceptors (Lipinski definition) is 5. The number of nitrogens with zero attached hydrogens (tertiary/aromatic N) is 4. The molecule has 1 fully saturated rings. The summed E-state index contributed by atoms with van der Waals surface area (Å²) in [5.41, 5.74) is 3.42. The summed E-state index contributed by atoms with van der Waals surface area (Å²) in [5.74, 6) is 0.125. The molecule has 4 heterocycles. The van der Waals surface area contributed by atoms with Crippen molar-refractivity contribution < 1.29 is 13.9 Å². The molecule has 1 N–H and O–H groups in total. The van der Waals surface area contributed by atoms with Gasteiger partial charge in [-0.1, -0.05) is 0 Å². The molecule has 1 aliphatic rings. The molecular weight excluding hydrogens is 359 g/mol. The summed E-state index contributed by atoms with van der Waals surface area (Å²) < 4.78 is 21.8. The predicted octanol–water partition coefficient (Wildman–Crippen LogP) is 4.07. The van der Waals surface area contributed by atoms with Gasteiger partial charge < -0.3 is 19.0 Å². The number of aromatic nitrogens is 3. The molecule has 4 aromatic rings. The Morgan fingerprint density at radius 1 is 1.18 bits per heavy atom. The molecule has 5 rings (SSSR count). The van der Waals surface area contributed by atoms with E-state index in [9.17, 15) is 9.50 Å². The first kappa shape index (κ1) is 17.2. The first-order chi connectivity index (χ1) is 13.5. The van der Waals surface area contributed by atoms with Crippen LogP contribution in [0, 0.1) is 6.92 Å². The molecule has 0 unspecified atom stereocenters. The van der Waals surface area contributed by atoms with Crippen LogP contribution in [0.4, 0.5) is 4.39 Å². The van der Waals surface area contributed by atoms with E-state index in [1.807, 2.05) is 36.9 Å². The highest BCUT2D eigenvalue weighted by molar-refractivity contribution is 5.94. The van der Waals surface area contributed by atoms with Gasteiger partial charge in [0.25, 0.3) is 0 Å². The summed E-state index contributed by atoms with van der Waals surface area (Å²) >= 11 is 0. The van der Waals surface area contributed by atoms with Crippen LogP contribution in [0.15, 0.2) is 41.1 Å². The van der Waals surface area contributed by atoms with E-state index < -0.39 is 6.17 Å². The van der Waals surface area contributed by atoms with Crippen LogP contribution >= 0.6 is 0 Å². The van der Waals surface area contributed by atoms with Gasteiger partial charge in [0, 0.05) is 30.2 Å². The minimum Gasteiger partial charge on any atom is -0.506 e. The zero-order chi connectivity index (χ0) is 19.4. The van der Waals surface area contributed by atoms with E-state index in [0.717, 1.165) is 17.5 Å². The Bertz CT molecular complexity index is 1180. The van der Waals surface area contributed by atoms with Crippen LogP contribution in [0.2, 0.25) is 0 Å². The Kier molecular flexibility index (Phi) is 3.87. The standard InChI is InChI=1S/C21H21FN4O2/c1-12-13-5-9-26(17-11-25(2)8-6-16(17)22)21(13)24-23-19(12)15-3-4-18-14(20(15)27)7-10-28-18/h3-5,7,9-10,16-17,27H,6,8,11H2,1-2H3/t16-,17+/m1/s1. The van der Waals surface area contributed by atoms with Gasteiger partial charge in [0.05, 0.1) is 17.7 Å². The smallest absolute Gasteiger partial charge is 0.163 e. The number of likely N-dealkylation sites (tertiary alicyclic amines) is 1. The van der Waals surface area contributed by atoms with Crippen molar-refractivity contribution in [3.05, 3.63) is 42.3 Å². The Morgan fingerprint density at radius 3 is 2.89 bits per heavy atom. The van der Waals surface area contributed by atoms with Gasteiger partial charge in [-0.25, -0.2) is 4.39 Å². The van der Waals surface area contributed by atoms with Crippen LogP contribution in [0.25, 0.3) is 33.3 Å². The lowest BCUT2D eigenvalue weighted by atomic mass is 10.0. The molecule has 0 radical (unpaired) electrons. The number of furan rings is 1. The van der Waals surface area contributed by atoms with Crippen LogP contribution in [-0.2, 0) is 0 Å². The maximum absolute atomic E-state index is 14.6. The minimum absolute atomic E-state index is 0.125. The lowest BCUT2D eigenvalue weighted by Gasteiger charge is -2.33. The zero-order valence-corrected chi connectivity index (χ0v) is 15.8. The van der Waals surface area contributed by atoms with E-state index in [-0.39, 0.29) is 11.8 Å². The van der Waals surface area contributed by atoms with Crippen LogP contribution in [0.5, 0.6) is 5.75 Å². The van der Waals surface area contributed by atoms with Crippen molar-refractivity contribution >= 4 is 22.0 Å². The SMILES string of the molecule is Cc1c(-c2ccc3occc3c2O)nnc2c1ccn2[C@H]1CN(C)CC[C@H]1F. The number of phenolic OH excluding ortho intramolecular Hbond substituents is 1. The Hall–Kier alpha value is -2.93. The number of aromatic hydroxyl groups is 1. The molecule has 0 aliphatic carbocycles. The number of halogens is 1. The minimum atomic E-state index is -0.902. The average molecular weight is 380 g/mol. The zero-order valence-electron chi connectivity index (χ0n) is 15.8. The molecular formula is C21H21FN4O2. The summed E-state index contributed by atoms with van der Waals surface area (Å²) in [7, 11) is 2.01. The molecule has 6 nitrogen and oxygen atoms in total. The molecule has 1 aromatic carbocycles. The van der Waals surface area contributed by atoms with Gasteiger partial charge in [-0.15, -0.1) is 10.2 Å². The molecule has 144 valence electrons. The summed E-state index contributed by atoms with van der Waals surface area (Å²) in [6, 6.07) is 7.01. The van der Waals surface area contributed by atoms with Crippen molar-refractivity contribution in [2.75, 3.05) is 20.1 Å². The van der Waals surface area contributed by atoms with Crippen molar-refractivity contribution in [1.82, 2.24) is 19.7 Å². The third-order valence-electron chi connectivity index (χ3n) is 5.81. The number of aryl methyl sites for hydroxylation is 1. The first-order valence-electron chi connectivity index (χ1n) is 9.40. The topological polar surface area (TPSA) is 67.3 Å². The maximum Gasteiger partial charge on any atom is 0.163 e. The van der Waals surface area contributed by atoms with Gasteiger partial charge in [-0.2, -0.15) is 0 Å². The van der Waals surface area contributed by atoms with E-state index in [1.165, 1.54) is 0 Å². The van der Waals surface area contributed by atoms with E-state index in [2.05, 4.69) is 15.1 Å². The number of benzene rings is 1. The highest BCUT2D eigenvalue weighted by atomic mass is 19.1. The molecule has 0 amide bonds. The summed E-state index contributed by atoms with van der Waals surface area (Å²) in [5, 5.41) is 21.0. The van der Waals surface area contributed by atoms with Gasteiger partial charge >= 0.3 is 0 Å². The number of rotatable bonds is 2. The van der Waals surface area contributed by atoms with Crippen molar-refractivity contribution in [3.63, 3.8) is 0 Å². The number of hydrogen-bond donors (Lipinski definition) is 1. The van der Waals surface area contributed by atoms with Crippen molar-refractivity contribution in [2.45, 2.75) is 25.6 Å². The number of likely N-dealkylation sites (N-methyl/N-ethyl adjacent to an activating group) is 1. The molecule has 0 spiro atoms. The molecule has 28 heavy (non-hydrogen) atoms. The Labute approximate surface area is 161 Å². The highest BCUT2D eigenvalue weighted by Crippen LogP contribution is 2.38. The predicted molar refractivity (Wildman–Crippen MR) is 105 cm³/mol. The fourth-order valence-corrected chi connectivity index (χ4v) is 4.20. The van der Waals surface area contributed by atoms with Crippen LogP contribution in [-0.4, -0.2) is 51.1 Å². The van der Waals surface area contributed by atoms with Crippen LogP contribution in [0.3, 0.4) is 0 Å². The van der Waals surface area contributed by atoms with E-state index in [0.29, 0.717) is 40.8 Å². The highest BCUT2D eigenvalue weighted by Gasteiger charge is 2.30. The second-order valence-corrected chi connectivity index (χ2v) is 7.56. The van der Waals surface area contributed by atoms with E-state index in [1.54, 1.807) is 18.4 Å². The van der Waals surface area contributed by atoms with E-state index >= 15 is 0 Å². The second kappa shape index (κ2) is 6.31. The van der Waals surface area contributed by atoms with Crippen LogP contribution < -0.4 is 0 Å². The normalized spacial score (nSPS) is 21.0. The quantitative estimate of drug-likeness (QED) is 0.568. The van der Waals surface area contributed by atoms with Crippen molar-refractivity contribution in [2.24, 2.45) is 0 Å². The summed E-state index contributed by atoms with van der Waals surface area (Å²) in [4.78, 5) is 2.14. The Morgan fingerprint density at radius 2 is 2.04 bits per heavy atom. The number of phenols is 1. The fraction of sp³-hybridized carbons (Fsp3) is 0.333. The fourth-order valence-electron chi connectivity index (χ4n) is 4.20. The van der Waals surface area contributed by atoms with Gasteiger partial charge in [0.1, 0.15) is 23.2 Å². The van der Waals surface area contributed by atoms with E-state index in [4.69, 9.17) is 4.42 Å². The Balaban J connectivity index is 1.63. The van der Waals surface area contributed by atoms with Crippen molar-refractivity contribution in [1.29, 1.82) is 0 Å². The molecule has 7 heteroatoms. The lowest BCUT2D eigenvalue weighted by molar-refractivity contribution is 0.112. The van der Waals surface area contributed by atoms with Gasteiger partial charge in [0.15, 0.2) is 5.65 Å². The molecule has 0 saturated carbocycles. The first-order valence-corrected chi connectivity index (χ1v) is 9.40. The maximum atomic E-state index is 14.6. The molecule has 1 aliphatic heterocycles. The lowest BCUT2D eigenvalue weighted by Crippen LogP contribution is -2.40. The molecule has 2 atom stereocenters. The van der Waals surface area contributed by atoms with Crippen molar-refractivity contribution in [3.8, 4) is 17.0 Å². The molecule has 0 bridgehead atoms. The van der Waals surface area contributed by atoms with Gasteiger partial charge in [-0.05, 0) is 50.2 Å². The molecule has 1 saturated heterocycles. The second-order valence-electron chi connectivity index (χ2n) is 7.56. The third-order valence-corrected chi connectivity index (χ3v) is 5.81. The monoisotopic (exact) mass is 380 g/mol. The number of alkyl halides is 1. The van der Waals surface area contributed by atoms with Gasteiger partial charge in [0.2, 0.25) is 0 Å². The van der Waals surface area contributed by atoms with Crippen LogP contribution in [0.1, 0.15) is 18.0 Å². The third kappa shape index (κ3) is 2.50. The number of fused-ring (bicyclic) bond motifs is 2. The largest absolute Gasteiger partial charge is 0.506 e. The summed E-state index contributed by atoms with van der Waals surface area (Å²) in [6.45, 7) is 3.36.